The van der Waals surface area contributed by atoms with Crippen molar-refractivity contribution in [3.05, 3.63) is 88.8 Å². The summed E-state index contributed by atoms with van der Waals surface area (Å²) in [6, 6.07) is 17.4. The van der Waals surface area contributed by atoms with Crippen LogP contribution in [-0.2, 0) is 17.8 Å². The highest BCUT2D eigenvalue weighted by molar-refractivity contribution is 6.31. The molecule has 26 heavy (non-hydrogen) atoms. The zero-order valence-corrected chi connectivity index (χ0v) is 14.6. The van der Waals surface area contributed by atoms with E-state index >= 15 is 0 Å². The van der Waals surface area contributed by atoms with E-state index in [0.29, 0.717) is 28.6 Å². The molecule has 0 radical (unpaired) electrons. The molecule has 2 N–H and O–H groups in total. The summed E-state index contributed by atoms with van der Waals surface area (Å²) in [5.41, 5.74) is 1.98. The van der Waals surface area contributed by atoms with Crippen LogP contribution in [0.25, 0.3) is 0 Å². The number of benzene rings is 2. The second kappa shape index (κ2) is 8.36. The predicted octanol–water partition coefficient (Wildman–Crippen LogP) is 4.04. The van der Waals surface area contributed by atoms with Gasteiger partial charge in [-0.2, -0.15) is 0 Å². The summed E-state index contributed by atoms with van der Waals surface area (Å²) in [5, 5.41) is 6.10. The first-order chi connectivity index (χ1) is 12.6. The van der Waals surface area contributed by atoms with E-state index < -0.39 is 0 Å². The molecule has 3 aromatic rings. The van der Waals surface area contributed by atoms with Crippen LogP contribution in [0.2, 0.25) is 5.02 Å². The summed E-state index contributed by atoms with van der Waals surface area (Å²) >= 11 is 5.90. The van der Waals surface area contributed by atoms with Crippen molar-refractivity contribution in [1.82, 2.24) is 5.32 Å². The van der Waals surface area contributed by atoms with Gasteiger partial charge in [-0.3, -0.25) is 9.59 Å². The number of hydrogen-bond acceptors (Lipinski definition) is 3. The van der Waals surface area contributed by atoms with E-state index in [0.717, 1.165) is 5.56 Å². The van der Waals surface area contributed by atoms with Crippen LogP contribution in [0, 0.1) is 0 Å². The van der Waals surface area contributed by atoms with Crippen LogP contribution >= 0.6 is 11.6 Å². The zero-order valence-electron chi connectivity index (χ0n) is 13.9. The average molecular weight is 369 g/mol. The van der Waals surface area contributed by atoms with Gasteiger partial charge in [0.15, 0.2) is 0 Å². The third-order valence-electron chi connectivity index (χ3n) is 3.70. The smallest absolute Gasteiger partial charge is 0.255 e. The fourth-order valence-electron chi connectivity index (χ4n) is 2.39. The molecule has 0 aliphatic carbocycles. The third kappa shape index (κ3) is 4.97. The molecule has 0 saturated carbocycles. The largest absolute Gasteiger partial charge is 0.467 e. The number of anilines is 1. The minimum Gasteiger partial charge on any atom is -0.467 e. The van der Waals surface area contributed by atoms with Crippen molar-refractivity contribution >= 4 is 29.1 Å². The van der Waals surface area contributed by atoms with Crippen LogP contribution in [0.15, 0.2) is 71.3 Å². The lowest BCUT2D eigenvalue weighted by Gasteiger charge is -2.07. The van der Waals surface area contributed by atoms with Crippen LogP contribution in [0.3, 0.4) is 0 Å². The van der Waals surface area contributed by atoms with Crippen molar-refractivity contribution in [2.75, 3.05) is 5.32 Å². The highest BCUT2D eigenvalue weighted by atomic mass is 35.5. The first-order valence-corrected chi connectivity index (χ1v) is 8.43. The molecule has 1 aromatic heterocycles. The van der Waals surface area contributed by atoms with Gasteiger partial charge in [-0.1, -0.05) is 29.8 Å². The minimum atomic E-state index is -0.239. The predicted molar refractivity (Wildman–Crippen MR) is 100 cm³/mol. The molecule has 2 aromatic carbocycles. The lowest BCUT2D eigenvalue weighted by Crippen LogP contribution is -2.24. The number of rotatable bonds is 6. The van der Waals surface area contributed by atoms with E-state index in [4.69, 9.17) is 16.0 Å². The Labute approximate surface area is 156 Å². The van der Waals surface area contributed by atoms with Gasteiger partial charge in [0, 0.05) is 16.3 Å². The lowest BCUT2D eigenvalue weighted by atomic mass is 10.1. The molecular formula is C20H17ClN2O3. The number of furan rings is 1. The van der Waals surface area contributed by atoms with Crippen molar-refractivity contribution in [2.24, 2.45) is 0 Å². The number of hydrogen-bond donors (Lipinski definition) is 2. The molecule has 1 heterocycles. The second-order valence-corrected chi connectivity index (χ2v) is 6.13. The van der Waals surface area contributed by atoms with Gasteiger partial charge < -0.3 is 15.1 Å². The lowest BCUT2D eigenvalue weighted by molar-refractivity contribution is -0.120. The maximum atomic E-state index is 12.2. The first kappa shape index (κ1) is 17.8. The summed E-state index contributed by atoms with van der Waals surface area (Å²) in [5.74, 6) is 0.367. The van der Waals surface area contributed by atoms with Crippen LogP contribution in [0.4, 0.5) is 5.69 Å². The Morgan fingerprint density at radius 2 is 1.81 bits per heavy atom. The molecule has 0 saturated heterocycles. The van der Waals surface area contributed by atoms with Gasteiger partial charge >= 0.3 is 0 Å². The Bertz CT molecular complexity index is 890. The Balaban J connectivity index is 1.53. The first-order valence-electron chi connectivity index (χ1n) is 8.05. The van der Waals surface area contributed by atoms with Crippen molar-refractivity contribution in [3.63, 3.8) is 0 Å². The van der Waals surface area contributed by atoms with Crippen LogP contribution < -0.4 is 10.6 Å². The molecule has 2 amide bonds. The average Bonchev–Trinajstić information content (AvgIpc) is 3.15. The molecule has 3 rings (SSSR count). The van der Waals surface area contributed by atoms with E-state index in [-0.39, 0.29) is 18.2 Å². The number of halogens is 1. The van der Waals surface area contributed by atoms with Crippen LogP contribution in [0.5, 0.6) is 0 Å². The molecule has 0 fully saturated rings. The minimum absolute atomic E-state index is 0.0999. The highest BCUT2D eigenvalue weighted by Crippen LogP contribution is 2.14. The summed E-state index contributed by atoms with van der Waals surface area (Å²) in [6.45, 7) is 0.361. The Morgan fingerprint density at radius 1 is 1.00 bits per heavy atom. The molecular weight excluding hydrogens is 352 g/mol. The molecule has 132 valence electrons. The summed E-state index contributed by atoms with van der Waals surface area (Å²) in [7, 11) is 0. The van der Waals surface area contributed by atoms with E-state index in [1.165, 1.54) is 0 Å². The molecule has 0 aliphatic heterocycles. The van der Waals surface area contributed by atoms with Crippen molar-refractivity contribution in [3.8, 4) is 0 Å². The molecule has 5 nitrogen and oxygen atoms in total. The summed E-state index contributed by atoms with van der Waals surface area (Å²) in [4.78, 5) is 24.1. The maximum absolute atomic E-state index is 12.2. The molecule has 0 spiro atoms. The Morgan fingerprint density at radius 3 is 2.50 bits per heavy atom. The van der Waals surface area contributed by atoms with E-state index in [9.17, 15) is 9.59 Å². The van der Waals surface area contributed by atoms with Gasteiger partial charge in [-0.25, -0.2) is 0 Å². The van der Waals surface area contributed by atoms with Crippen molar-refractivity contribution < 1.29 is 14.0 Å². The second-order valence-electron chi connectivity index (χ2n) is 5.69. The van der Waals surface area contributed by atoms with E-state index in [1.807, 2.05) is 0 Å². The monoisotopic (exact) mass is 368 g/mol. The number of carbonyl (C=O) groups is 2. The van der Waals surface area contributed by atoms with Gasteiger partial charge in [0.25, 0.3) is 5.91 Å². The number of nitrogens with one attached hydrogen (secondary N) is 2. The van der Waals surface area contributed by atoms with E-state index in [2.05, 4.69) is 10.6 Å². The SMILES string of the molecule is O=C(Cc1ccc(NC(=O)c2cccc(Cl)c2)cc1)NCc1ccco1. The fraction of sp³-hybridized carbons (Fsp3) is 0.100. The molecule has 0 atom stereocenters. The van der Waals surface area contributed by atoms with Gasteiger partial charge in [0.2, 0.25) is 5.91 Å². The van der Waals surface area contributed by atoms with Crippen LogP contribution in [-0.4, -0.2) is 11.8 Å². The normalized spacial score (nSPS) is 10.3. The summed E-state index contributed by atoms with van der Waals surface area (Å²) in [6.07, 6.45) is 1.82. The van der Waals surface area contributed by atoms with Crippen molar-refractivity contribution in [1.29, 1.82) is 0 Å². The van der Waals surface area contributed by atoms with Gasteiger partial charge in [-0.15, -0.1) is 0 Å². The Hall–Kier alpha value is -3.05. The van der Waals surface area contributed by atoms with Gasteiger partial charge in [0.05, 0.1) is 19.2 Å². The summed E-state index contributed by atoms with van der Waals surface area (Å²) < 4.78 is 5.17. The highest BCUT2D eigenvalue weighted by Gasteiger charge is 2.08. The maximum Gasteiger partial charge on any atom is 0.255 e. The molecule has 0 bridgehead atoms. The number of amides is 2. The molecule has 6 heteroatoms. The topological polar surface area (TPSA) is 71.3 Å². The van der Waals surface area contributed by atoms with Crippen LogP contribution in [0.1, 0.15) is 21.7 Å². The number of carbonyl (C=O) groups excluding carboxylic acids is 2. The zero-order chi connectivity index (χ0) is 18.4. The Kier molecular flexibility index (Phi) is 5.71. The van der Waals surface area contributed by atoms with Gasteiger partial charge in [-0.05, 0) is 48.0 Å². The quantitative estimate of drug-likeness (QED) is 0.689. The van der Waals surface area contributed by atoms with E-state index in [1.54, 1.807) is 66.9 Å². The molecule has 0 unspecified atom stereocenters. The fourth-order valence-corrected chi connectivity index (χ4v) is 2.58. The standard InChI is InChI=1S/C20H17ClN2O3/c21-16-4-1-3-15(12-16)20(25)23-17-8-6-14(7-9-17)11-19(24)22-13-18-5-2-10-26-18/h1-10,12H,11,13H2,(H,22,24)(H,23,25). The third-order valence-corrected chi connectivity index (χ3v) is 3.94. The van der Waals surface area contributed by atoms with Gasteiger partial charge in [0.1, 0.15) is 5.76 Å². The van der Waals surface area contributed by atoms with Crippen molar-refractivity contribution in [2.45, 2.75) is 13.0 Å². The molecule has 0 aliphatic rings.